The fourth-order valence-corrected chi connectivity index (χ4v) is 1.56. The summed E-state index contributed by atoms with van der Waals surface area (Å²) in [7, 11) is 0. The lowest BCUT2D eigenvalue weighted by molar-refractivity contribution is -0.169. The van der Waals surface area contributed by atoms with Gasteiger partial charge in [-0.25, -0.2) is 0 Å². The van der Waals surface area contributed by atoms with Gasteiger partial charge in [0.25, 0.3) is 0 Å². The summed E-state index contributed by atoms with van der Waals surface area (Å²) >= 11 is 0. The Labute approximate surface area is 141 Å². The van der Waals surface area contributed by atoms with Crippen molar-refractivity contribution >= 4 is 23.9 Å². The van der Waals surface area contributed by atoms with Gasteiger partial charge in [0.15, 0.2) is 0 Å². The molecule has 0 aromatic rings. The van der Waals surface area contributed by atoms with E-state index >= 15 is 0 Å². The van der Waals surface area contributed by atoms with Crippen molar-refractivity contribution in [1.29, 1.82) is 0 Å². The first-order valence-corrected chi connectivity index (χ1v) is 8.12. The molecule has 0 heterocycles. The summed E-state index contributed by atoms with van der Waals surface area (Å²) in [6.07, 6.45) is 3.01. The summed E-state index contributed by atoms with van der Waals surface area (Å²) in [6.45, 7) is 2.91. The van der Waals surface area contributed by atoms with E-state index < -0.39 is 23.9 Å². The summed E-state index contributed by atoms with van der Waals surface area (Å²) in [5, 5.41) is 0. The van der Waals surface area contributed by atoms with E-state index in [4.69, 9.17) is 9.47 Å². The van der Waals surface area contributed by atoms with Crippen LogP contribution < -0.4 is 0 Å². The summed E-state index contributed by atoms with van der Waals surface area (Å²) < 4.78 is 18.8. The SMILES string of the molecule is CCCC(=O)OCOC(=O)CCCCC(=O)OCOC(=O)CCC. The van der Waals surface area contributed by atoms with E-state index in [2.05, 4.69) is 9.47 Å². The number of hydrogen-bond donors (Lipinski definition) is 0. The molecule has 0 atom stereocenters. The average molecular weight is 346 g/mol. The normalized spacial score (nSPS) is 9.92. The molecule has 0 aliphatic carbocycles. The van der Waals surface area contributed by atoms with Crippen LogP contribution >= 0.6 is 0 Å². The van der Waals surface area contributed by atoms with Crippen molar-refractivity contribution in [3.05, 3.63) is 0 Å². The quantitative estimate of drug-likeness (QED) is 0.284. The molecule has 0 rings (SSSR count). The number of hydrogen-bond acceptors (Lipinski definition) is 8. The standard InChI is InChI=1S/C16H26O8/c1-3-7-13(17)21-11-23-15(19)9-5-6-10-16(20)24-12-22-14(18)8-4-2/h3-12H2,1-2H3. The lowest BCUT2D eigenvalue weighted by Crippen LogP contribution is -2.13. The lowest BCUT2D eigenvalue weighted by Gasteiger charge is -2.06. The van der Waals surface area contributed by atoms with Crippen LogP contribution in [0.2, 0.25) is 0 Å². The highest BCUT2D eigenvalue weighted by Gasteiger charge is 2.08. The van der Waals surface area contributed by atoms with Gasteiger partial charge >= 0.3 is 23.9 Å². The average Bonchev–Trinajstić information content (AvgIpc) is 2.52. The first-order valence-electron chi connectivity index (χ1n) is 8.12. The van der Waals surface area contributed by atoms with E-state index in [1.807, 2.05) is 13.8 Å². The summed E-state index contributed by atoms with van der Waals surface area (Å²) in [4.78, 5) is 44.8. The predicted molar refractivity (Wildman–Crippen MR) is 82.4 cm³/mol. The third-order valence-corrected chi connectivity index (χ3v) is 2.80. The van der Waals surface area contributed by atoms with Gasteiger partial charge in [-0.2, -0.15) is 0 Å². The van der Waals surface area contributed by atoms with Crippen LogP contribution in [0, 0.1) is 0 Å². The molecule has 0 radical (unpaired) electrons. The monoisotopic (exact) mass is 346 g/mol. The van der Waals surface area contributed by atoms with Gasteiger partial charge in [0, 0.05) is 25.7 Å². The smallest absolute Gasteiger partial charge is 0.308 e. The second-order valence-corrected chi connectivity index (χ2v) is 5.01. The Bertz CT molecular complexity index is 367. The van der Waals surface area contributed by atoms with Crippen LogP contribution in [0.3, 0.4) is 0 Å². The van der Waals surface area contributed by atoms with Crippen molar-refractivity contribution < 1.29 is 38.1 Å². The van der Waals surface area contributed by atoms with Gasteiger partial charge in [-0.15, -0.1) is 0 Å². The molecule has 0 spiro atoms. The molecule has 0 N–H and O–H groups in total. The number of carbonyl (C=O) groups excluding carboxylic acids is 4. The second-order valence-electron chi connectivity index (χ2n) is 5.01. The van der Waals surface area contributed by atoms with Gasteiger partial charge in [0.05, 0.1) is 0 Å². The van der Waals surface area contributed by atoms with Gasteiger partial charge in [0.2, 0.25) is 13.6 Å². The van der Waals surface area contributed by atoms with E-state index in [0.717, 1.165) is 0 Å². The molecule has 0 aliphatic heterocycles. The Balaban J connectivity index is 3.53. The molecule has 0 saturated carbocycles. The molecule has 8 nitrogen and oxygen atoms in total. The zero-order valence-electron chi connectivity index (χ0n) is 14.3. The summed E-state index contributed by atoms with van der Waals surface area (Å²) in [6, 6.07) is 0. The second kappa shape index (κ2) is 14.5. The molecule has 0 bridgehead atoms. The minimum absolute atomic E-state index is 0.115. The Morgan fingerprint density at radius 1 is 0.542 bits per heavy atom. The van der Waals surface area contributed by atoms with Crippen molar-refractivity contribution in [2.24, 2.45) is 0 Å². The highest BCUT2D eigenvalue weighted by Crippen LogP contribution is 2.03. The van der Waals surface area contributed by atoms with Crippen molar-refractivity contribution in [3.8, 4) is 0 Å². The number of ether oxygens (including phenoxy) is 4. The fourth-order valence-electron chi connectivity index (χ4n) is 1.56. The highest BCUT2D eigenvalue weighted by molar-refractivity contribution is 5.72. The number of esters is 4. The van der Waals surface area contributed by atoms with Crippen LogP contribution in [0.4, 0.5) is 0 Å². The van der Waals surface area contributed by atoms with Gasteiger partial charge in [-0.05, 0) is 25.7 Å². The Morgan fingerprint density at radius 3 is 1.12 bits per heavy atom. The largest absolute Gasteiger partial charge is 0.428 e. The molecule has 0 aliphatic rings. The number of unbranched alkanes of at least 4 members (excludes halogenated alkanes) is 1. The van der Waals surface area contributed by atoms with Crippen LogP contribution in [0.15, 0.2) is 0 Å². The first kappa shape index (κ1) is 21.9. The van der Waals surface area contributed by atoms with Crippen molar-refractivity contribution in [2.75, 3.05) is 13.6 Å². The third-order valence-electron chi connectivity index (χ3n) is 2.80. The maximum absolute atomic E-state index is 11.3. The molecule has 138 valence electrons. The maximum Gasteiger partial charge on any atom is 0.308 e. The molecule has 0 amide bonds. The topological polar surface area (TPSA) is 105 Å². The molecule has 0 aromatic carbocycles. The fraction of sp³-hybridized carbons (Fsp3) is 0.750. The summed E-state index contributed by atoms with van der Waals surface area (Å²) in [5.74, 6) is -1.82. The molecule has 0 saturated heterocycles. The zero-order chi connectivity index (χ0) is 18.2. The van der Waals surface area contributed by atoms with Crippen molar-refractivity contribution in [2.45, 2.75) is 65.2 Å². The third kappa shape index (κ3) is 13.5. The Kier molecular flexibility index (Phi) is 13.2. The van der Waals surface area contributed by atoms with Crippen LogP contribution in [0.5, 0.6) is 0 Å². The molecular weight excluding hydrogens is 320 g/mol. The van der Waals surface area contributed by atoms with E-state index in [9.17, 15) is 19.2 Å². The number of rotatable bonds is 13. The van der Waals surface area contributed by atoms with Crippen LogP contribution in [0.25, 0.3) is 0 Å². The van der Waals surface area contributed by atoms with Gasteiger partial charge < -0.3 is 18.9 Å². The molecule has 0 fully saturated rings. The molecule has 0 aromatic heterocycles. The Morgan fingerprint density at radius 2 is 0.833 bits per heavy atom. The van der Waals surface area contributed by atoms with E-state index in [0.29, 0.717) is 25.7 Å². The molecule has 8 heteroatoms. The van der Waals surface area contributed by atoms with Crippen LogP contribution in [-0.4, -0.2) is 37.5 Å². The van der Waals surface area contributed by atoms with Gasteiger partial charge in [-0.1, -0.05) is 13.8 Å². The van der Waals surface area contributed by atoms with E-state index in [1.54, 1.807) is 0 Å². The first-order chi connectivity index (χ1) is 11.5. The van der Waals surface area contributed by atoms with E-state index in [-0.39, 0.29) is 39.3 Å². The van der Waals surface area contributed by atoms with Crippen LogP contribution in [0.1, 0.15) is 65.2 Å². The minimum atomic E-state index is -0.499. The minimum Gasteiger partial charge on any atom is -0.428 e. The van der Waals surface area contributed by atoms with Crippen LogP contribution in [-0.2, 0) is 38.1 Å². The molecular formula is C16H26O8. The molecule has 24 heavy (non-hydrogen) atoms. The number of carbonyl (C=O) groups is 4. The van der Waals surface area contributed by atoms with Gasteiger partial charge in [0.1, 0.15) is 0 Å². The predicted octanol–water partition coefficient (Wildman–Crippen LogP) is 2.23. The summed E-state index contributed by atoms with van der Waals surface area (Å²) in [5.41, 5.74) is 0. The Hall–Kier alpha value is -2.12. The van der Waals surface area contributed by atoms with Crippen molar-refractivity contribution in [1.82, 2.24) is 0 Å². The molecule has 0 unspecified atom stereocenters. The lowest BCUT2D eigenvalue weighted by atomic mass is 10.2. The zero-order valence-corrected chi connectivity index (χ0v) is 14.3. The maximum atomic E-state index is 11.3. The van der Waals surface area contributed by atoms with Gasteiger partial charge in [-0.3, -0.25) is 19.2 Å². The van der Waals surface area contributed by atoms with E-state index in [1.165, 1.54) is 0 Å². The highest BCUT2D eigenvalue weighted by atomic mass is 16.7. The van der Waals surface area contributed by atoms with Crippen molar-refractivity contribution in [3.63, 3.8) is 0 Å².